The van der Waals surface area contributed by atoms with E-state index >= 15 is 0 Å². The fraction of sp³-hybridized carbons (Fsp3) is 0.375. The van der Waals surface area contributed by atoms with Crippen LogP contribution in [0.5, 0.6) is 0 Å². The summed E-state index contributed by atoms with van der Waals surface area (Å²) in [6.07, 6.45) is 11.9. The van der Waals surface area contributed by atoms with Gasteiger partial charge in [-0.15, -0.1) is 0 Å². The van der Waals surface area contributed by atoms with Crippen LogP contribution in [0.25, 0.3) is 11.0 Å². The molecule has 2 aliphatic rings. The molecule has 4 rings (SSSR count). The van der Waals surface area contributed by atoms with Crippen molar-refractivity contribution in [3.8, 4) is 0 Å². The van der Waals surface area contributed by atoms with Gasteiger partial charge in [0.1, 0.15) is 12.3 Å². The number of nitrogens with zero attached hydrogens (tertiary/aromatic N) is 4. The summed E-state index contributed by atoms with van der Waals surface area (Å²) >= 11 is 3.69. The Balaban J connectivity index is 1.85. The number of hydrogen-bond donors (Lipinski definition) is 2. The SMILES string of the molecule is N[C@@H]1CCCN(c2c(Br)cnc3[nH]cc(N4C=CC=NC4)c23)C1. The maximum atomic E-state index is 6.19. The monoisotopic (exact) mass is 374 g/mol. The summed E-state index contributed by atoms with van der Waals surface area (Å²) in [5.74, 6) is 0. The maximum absolute atomic E-state index is 6.19. The van der Waals surface area contributed by atoms with Gasteiger partial charge in [0.25, 0.3) is 0 Å². The van der Waals surface area contributed by atoms with Crippen molar-refractivity contribution in [3.05, 3.63) is 29.1 Å². The highest BCUT2D eigenvalue weighted by molar-refractivity contribution is 9.10. The molecule has 0 aliphatic carbocycles. The first-order chi connectivity index (χ1) is 11.2. The van der Waals surface area contributed by atoms with Gasteiger partial charge in [0.15, 0.2) is 0 Å². The van der Waals surface area contributed by atoms with Gasteiger partial charge in [-0.3, -0.25) is 4.99 Å². The molecule has 0 amide bonds. The van der Waals surface area contributed by atoms with Crippen LogP contribution in [0.3, 0.4) is 0 Å². The van der Waals surface area contributed by atoms with Gasteiger partial charge in [-0.05, 0) is 34.8 Å². The zero-order valence-corrected chi connectivity index (χ0v) is 14.3. The van der Waals surface area contributed by atoms with Crippen molar-refractivity contribution in [1.82, 2.24) is 9.97 Å². The van der Waals surface area contributed by atoms with Crippen LogP contribution in [0.4, 0.5) is 11.4 Å². The number of allylic oxidation sites excluding steroid dienone is 1. The highest BCUT2D eigenvalue weighted by Gasteiger charge is 2.24. The molecule has 0 aromatic carbocycles. The predicted molar refractivity (Wildman–Crippen MR) is 98.2 cm³/mol. The van der Waals surface area contributed by atoms with Gasteiger partial charge in [-0.2, -0.15) is 0 Å². The van der Waals surface area contributed by atoms with Crippen LogP contribution < -0.4 is 15.5 Å². The van der Waals surface area contributed by atoms with Crippen LogP contribution in [-0.4, -0.2) is 42.0 Å². The van der Waals surface area contributed by atoms with Crippen LogP contribution in [-0.2, 0) is 0 Å². The Morgan fingerprint density at radius 2 is 2.30 bits per heavy atom. The summed E-state index contributed by atoms with van der Waals surface area (Å²) in [5, 5.41) is 1.12. The molecule has 1 fully saturated rings. The normalized spacial score (nSPS) is 21.4. The van der Waals surface area contributed by atoms with Crippen molar-refractivity contribution in [3.63, 3.8) is 0 Å². The summed E-state index contributed by atoms with van der Waals surface area (Å²) in [7, 11) is 0. The van der Waals surface area contributed by atoms with E-state index in [1.54, 1.807) is 0 Å². The van der Waals surface area contributed by atoms with E-state index in [1.165, 1.54) is 5.69 Å². The summed E-state index contributed by atoms with van der Waals surface area (Å²) in [4.78, 5) is 16.6. The number of rotatable bonds is 2. The number of piperidine rings is 1. The third-order valence-electron chi connectivity index (χ3n) is 4.38. The fourth-order valence-electron chi connectivity index (χ4n) is 3.33. The second-order valence-corrected chi connectivity index (χ2v) is 6.84. The van der Waals surface area contributed by atoms with Gasteiger partial charge in [0.2, 0.25) is 0 Å². The number of anilines is 2. The molecule has 1 saturated heterocycles. The molecule has 0 spiro atoms. The fourth-order valence-corrected chi connectivity index (χ4v) is 3.88. The van der Waals surface area contributed by atoms with E-state index < -0.39 is 0 Å². The molecule has 120 valence electrons. The second-order valence-electron chi connectivity index (χ2n) is 5.98. The number of nitrogens with two attached hydrogens (primary N) is 1. The van der Waals surface area contributed by atoms with Crippen molar-refractivity contribution in [1.29, 1.82) is 0 Å². The molecule has 23 heavy (non-hydrogen) atoms. The minimum absolute atomic E-state index is 0.223. The first-order valence-electron chi connectivity index (χ1n) is 7.83. The number of pyridine rings is 1. The van der Waals surface area contributed by atoms with Gasteiger partial charge in [-0.25, -0.2) is 4.98 Å². The minimum atomic E-state index is 0.223. The Morgan fingerprint density at radius 1 is 1.39 bits per heavy atom. The lowest BCUT2D eigenvalue weighted by Gasteiger charge is -2.34. The second kappa shape index (κ2) is 5.98. The third-order valence-corrected chi connectivity index (χ3v) is 4.96. The minimum Gasteiger partial charge on any atom is -0.368 e. The largest absolute Gasteiger partial charge is 0.368 e. The van der Waals surface area contributed by atoms with Crippen molar-refractivity contribution in [2.45, 2.75) is 18.9 Å². The van der Waals surface area contributed by atoms with Crippen LogP contribution in [0.15, 0.2) is 34.1 Å². The Morgan fingerprint density at radius 3 is 3.09 bits per heavy atom. The van der Waals surface area contributed by atoms with E-state index in [4.69, 9.17) is 5.73 Å². The summed E-state index contributed by atoms with van der Waals surface area (Å²) in [6.45, 7) is 2.51. The molecule has 0 saturated carbocycles. The van der Waals surface area contributed by atoms with Crippen molar-refractivity contribution in [2.24, 2.45) is 10.7 Å². The quantitative estimate of drug-likeness (QED) is 0.847. The molecule has 0 bridgehead atoms. The van der Waals surface area contributed by atoms with Gasteiger partial charge < -0.3 is 20.5 Å². The maximum Gasteiger partial charge on any atom is 0.141 e. The number of aliphatic imine (C=N–C) groups is 1. The molecule has 0 unspecified atom stereocenters. The zero-order valence-electron chi connectivity index (χ0n) is 12.7. The molecule has 1 atom stereocenters. The first kappa shape index (κ1) is 14.7. The molecule has 0 radical (unpaired) electrons. The molecular weight excluding hydrogens is 356 g/mol. The lowest BCUT2D eigenvalue weighted by Crippen LogP contribution is -2.43. The lowest BCUT2D eigenvalue weighted by atomic mass is 10.1. The zero-order chi connectivity index (χ0) is 15.8. The van der Waals surface area contributed by atoms with E-state index in [0.717, 1.165) is 47.1 Å². The molecule has 6 nitrogen and oxygen atoms in total. The Bertz CT molecular complexity index is 780. The van der Waals surface area contributed by atoms with E-state index in [1.807, 2.05) is 30.9 Å². The highest BCUT2D eigenvalue weighted by atomic mass is 79.9. The Hall–Kier alpha value is -1.86. The number of halogens is 1. The number of aromatic amines is 1. The average Bonchev–Trinajstić information content (AvgIpc) is 2.99. The number of aromatic nitrogens is 2. The topological polar surface area (TPSA) is 73.5 Å². The molecule has 2 aliphatic heterocycles. The van der Waals surface area contributed by atoms with Gasteiger partial charge in [0.05, 0.1) is 21.2 Å². The molecular formula is C16H19BrN6. The van der Waals surface area contributed by atoms with E-state index in [-0.39, 0.29) is 6.04 Å². The van der Waals surface area contributed by atoms with Crippen LogP contribution in [0.2, 0.25) is 0 Å². The molecule has 7 heteroatoms. The Labute approximate surface area is 143 Å². The van der Waals surface area contributed by atoms with Crippen LogP contribution >= 0.6 is 15.9 Å². The molecule has 2 aromatic rings. The summed E-state index contributed by atoms with van der Waals surface area (Å²) < 4.78 is 1.00. The Kier molecular flexibility index (Phi) is 3.82. The van der Waals surface area contributed by atoms with Crippen molar-refractivity contribution in [2.75, 3.05) is 29.6 Å². The highest BCUT2D eigenvalue weighted by Crippen LogP contribution is 2.40. The van der Waals surface area contributed by atoms with E-state index in [2.05, 4.69) is 40.7 Å². The number of H-pyrrole nitrogens is 1. The third kappa shape index (κ3) is 2.64. The van der Waals surface area contributed by atoms with Gasteiger partial charge in [0, 0.05) is 43.9 Å². The van der Waals surface area contributed by atoms with Gasteiger partial charge >= 0.3 is 0 Å². The number of fused-ring (bicyclic) bond motifs is 1. The van der Waals surface area contributed by atoms with Gasteiger partial charge in [-0.1, -0.05) is 0 Å². The van der Waals surface area contributed by atoms with E-state index in [0.29, 0.717) is 6.67 Å². The standard InChI is InChI=1S/C16H19BrN6/c17-12-7-20-16-14(15(12)22-5-1-3-11(18)9-22)13(8-21-16)23-6-2-4-19-10-23/h2,4,6-8,11H,1,3,5,9-10,18H2,(H,20,21)/t11-/m1/s1. The van der Waals surface area contributed by atoms with Crippen molar-refractivity contribution >= 4 is 44.6 Å². The average molecular weight is 375 g/mol. The lowest BCUT2D eigenvalue weighted by molar-refractivity contribution is 0.506. The van der Waals surface area contributed by atoms with Crippen LogP contribution in [0, 0.1) is 0 Å². The number of nitrogens with one attached hydrogen (secondary N) is 1. The summed E-state index contributed by atoms with van der Waals surface area (Å²) in [5.41, 5.74) is 9.35. The smallest absolute Gasteiger partial charge is 0.141 e. The molecule has 4 heterocycles. The van der Waals surface area contributed by atoms with Crippen molar-refractivity contribution < 1.29 is 0 Å². The number of hydrogen-bond acceptors (Lipinski definition) is 5. The molecule has 3 N–H and O–H groups in total. The van der Waals surface area contributed by atoms with Crippen LogP contribution in [0.1, 0.15) is 12.8 Å². The summed E-state index contributed by atoms with van der Waals surface area (Å²) in [6, 6.07) is 0.223. The first-order valence-corrected chi connectivity index (χ1v) is 8.62. The predicted octanol–water partition coefficient (Wildman–Crippen LogP) is 2.61. The molecule has 2 aromatic heterocycles. The van der Waals surface area contributed by atoms with E-state index in [9.17, 15) is 0 Å².